The van der Waals surface area contributed by atoms with Gasteiger partial charge in [0, 0.05) is 6.04 Å². The number of hydrogen-bond acceptors (Lipinski definition) is 3. The third-order valence-electron chi connectivity index (χ3n) is 2.01. The van der Waals surface area contributed by atoms with Gasteiger partial charge in [0.15, 0.2) is 0 Å². The van der Waals surface area contributed by atoms with Crippen molar-refractivity contribution in [1.82, 2.24) is 4.72 Å². The van der Waals surface area contributed by atoms with E-state index in [1.807, 2.05) is 6.92 Å². The summed E-state index contributed by atoms with van der Waals surface area (Å²) in [6, 6.07) is -0.310. The van der Waals surface area contributed by atoms with E-state index < -0.39 is 10.0 Å². The molecule has 4 nitrogen and oxygen atoms in total. The normalized spacial score (nSPS) is 20.8. The van der Waals surface area contributed by atoms with Crippen LogP contribution in [-0.2, 0) is 10.0 Å². The third-order valence-corrected chi connectivity index (χ3v) is 4.02. The molecule has 0 amide bonds. The standard InChI is InChI=1S/C7H15NO3S/c1-2-6(5-9)8-12(10,11)7-3-4-7/h6-9H,2-5H2,1H3. The van der Waals surface area contributed by atoms with E-state index in [1.54, 1.807) is 0 Å². The Morgan fingerprint density at radius 2 is 2.17 bits per heavy atom. The average Bonchev–Trinajstić information content (AvgIpc) is 2.82. The van der Waals surface area contributed by atoms with E-state index in [1.165, 1.54) is 0 Å². The summed E-state index contributed by atoms with van der Waals surface area (Å²) in [5.74, 6) is 0. The summed E-state index contributed by atoms with van der Waals surface area (Å²) in [5, 5.41) is 8.57. The van der Waals surface area contributed by atoms with Crippen molar-refractivity contribution in [2.45, 2.75) is 37.5 Å². The monoisotopic (exact) mass is 193 g/mol. The molecule has 0 aliphatic heterocycles. The lowest BCUT2D eigenvalue weighted by Gasteiger charge is -2.13. The molecule has 0 bridgehead atoms. The fourth-order valence-corrected chi connectivity index (χ4v) is 2.61. The lowest BCUT2D eigenvalue weighted by atomic mass is 10.3. The molecule has 72 valence electrons. The average molecular weight is 193 g/mol. The number of nitrogens with one attached hydrogen (secondary N) is 1. The first-order valence-electron chi connectivity index (χ1n) is 4.22. The van der Waals surface area contributed by atoms with Crippen molar-refractivity contribution < 1.29 is 13.5 Å². The Labute approximate surface area is 73.0 Å². The van der Waals surface area contributed by atoms with Crippen LogP contribution in [0, 0.1) is 0 Å². The largest absolute Gasteiger partial charge is 0.395 e. The van der Waals surface area contributed by atoms with E-state index in [0.717, 1.165) is 12.8 Å². The Hall–Kier alpha value is -0.130. The highest BCUT2D eigenvalue weighted by Gasteiger charge is 2.36. The first-order valence-corrected chi connectivity index (χ1v) is 5.76. The second kappa shape index (κ2) is 3.72. The van der Waals surface area contributed by atoms with Gasteiger partial charge in [-0.15, -0.1) is 0 Å². The van der Waals surface area contributed by atoms with Gasteiger partial charge in [-0.3, -0.25) is 0 Å². The number of sulfonamides is 1. The summed E-state index contributed by atoms with van der Waals surface area (Å²) < 4.78 is 25.1. The lowest BCUT2D eigenvalue weighted by molar-refractivity contribution is 0.254. The predicted octanol–water partition coefficient (Wildman–Crippen LogP) is -0.161. The zero-order chi connectivity index (χ0) is 9.19. The van der Waals surface area contributed by atoms with Crippen molar-refractivity contribution in [3.05, 3.63) is 0 Å². The maximum atomic E-state index is 11.3. The number of hydrogen-bond donors (Lipinski definition) is 2. The minimum absolute atomic E-state index is 0.123. The highest BCUT2D eigenvalue weighted by Crippen LogP contribution is 2.27. The molecule has 1 atom stereocenters. The van der Waals surface area contributed by atoms with Crippen molar-refractivity contribution in [2.24, 2.45) is 0 Å². The van der Waals surface area contributed by atoms with Gasteiger partial charge in [0.25, 0.3) is 0 Å². The molecule has 1 rings (SSSR count). The van der Waals surface area contributed by atoms with Crippen LogP contribution in [0.1, 0.15) is 26.2 Å². The van der Waals surface area contributed by atoms with Crippen molar-refractivity contribution >= 4 is 10.0 Å². The van der Waals surface area contributed by atoms with E-state index in [2.05, 4.69) is 4.72 Å². The quantitative estimate of drug-likeness (QED) is 0.637. The van der Waals surface area contributed by atoms with Gasteiger partial charge in [-0.2, -0.15) is 0 Å². The highest BCUT2D eigenvalue weighted by molar-refractivity contribution is 7.90. The number of rotatable bonds is 5. The van der Waals surface area contributed by atoms with Gasteiger partial charge in [-0.1, -0.05) is 6.92 Å². The Bertz CT molecular complexity index is 229. The maximum absolute atomic E-state index is 11.3. The number of aliphatic hydroxyl groups excluding tert-OH is 1. The van der Waals surface area contributed by atoms with Gasteiger partial charge in [0.1, 0.15) is 0 Å². The Morgan fingerprint density at radius 3 is 2.50 bits per heavy atom. The van der Waals surface area contributed by atoms with E-state index in [-0.39, 0.29) is 17.9 Å². The molecule has 2 N–H and O–H groups in total. The first kappa shape index (κ1) is 9.95. The molecule has 1 aliphatic carbocycles. The van der Waals surface area contributed by atoms with Crippen LogP contribution in [-0.4, -0.2) is 31.4 Å². The fourth-order valence-electron chi connectivity index (χ4n) is 0.957. The molecular formula is C7H15NO3S. The van der Waals surface area contributed by atoms with Crippen molar-refractivity contribution in [3.8, 4) is 0 Å². The molecule has 0 aromatic heterocycles. The summed E-state index contributed by atoms with van der Waals surface area (Å²) in [6.45, 7) is 1.72. The summed E-state index contributed by atoms with van der Waals surface area (Å²) >= 11 is 0. The zero-order valence-electron chi connectivity index (χ0n) is 7.16. The van der Waals surface area contributed by atoms with Crippen LogP contribution < -0.4 is 4.72 Å². The highest BCUT2D eigenvalue weighted by atomic mass is 32.2. The minimum atomic E-state index is -3.12. The van der Waals surface area contributed by atoms with Gasteiger partial charge < -0.3 is 5.11 Å². The van der Waals surface area contributed by atoms with Crippen LogP contribution in [0.2, 0.25) is 0 Å². The smallest absolute Gasteiger partial charge is 0.214 e. The molecule has 0 radical (unpaired) electrons. The van der Waals surface area contributed by atoms with Gasteiger partial charge >= 0.3 is 0 Å². The molecule has 1 saturated carbocycles. The van der Waals surface area contributed by atoms with E-state index in [9.17, 15) is 8.42 Å². The molecular weight excluding hydrogens is 178 g/mol. The molecule has 0 aromatic rings. The Kier molecular flexibility index (Phi) is 3.09. The molecule has 12 heavy (non-hydrogen) atoms. The third kappa shape index (κ3) is 2.43. The molecule has 1 aliphatic rings. The Morgan fingerprint density at radius 1 is 1.58 bits per heavy atom. The zero-order valence-corrected chi connectivity index (χ0v) is 7.97. The van der Waals surface area contributed by atoms with Crippen LogP contribution in [0.5, 0.6) is 0 Å². The molecule has 0 spiro atoms. The van der Waals surface area contributed by atoms with Crippen molar-refractivity contribution in [3.63, 3.8) is 0 Å². The molecule has 5 heteroatoms. The first-order chi connectivity index (χ1) is 5.60. The van der Waals surface area contributed by atoms with E-state index >= 15 is 0 Å². The van der Waals surface area contributed by atoms with Crippen molar-refractivity contribution in [1.29, 1.82) is 0 Å². The van der Waals surface area contributed by atoms with Crippen LogP contribution in [0.4, 0.5) is 0 Å². The fraction of sp³-hybridized carbons (Fsp3) is 1.00. The SMILES string of the molecule is CCC(CO)NS(=O)(=O)C1CC1. The summed E-state index contributed by atoms with van der Waals surface area (Å²) in [7, 11) is -3.12. The second-order valence-corrected chi connectivity index (χ2v) is 5.14. The van der Waals surface area contributed by atoms with Gasteiger partial charge in [-0.25, -0.2) is 13.1 Å². The molecule has 1 unspecified atom stereocenters. The summed E-state index contributed by atoms with van der Waals surface area (Å²) in [5.41, 5.74) is 0. The van der Waals surface area contributed by atoms with Crippen LogP contribution >= 0.6 is 0 Å². The summed E-state index contributed by atoms with van der Waals surface area (Å²) in [6.07, 6.45) is 2.15. The molecule has 0 saturated heterocycles. The van der Waals surface area contributed by atoms with Gasteiger partial charge in [0.2, 0.25) is 10.0 Å². The van der Waals surface area contributed by atoms with Crippen LogP contribution in [0.25, 0.3) is 0 Å². The molecule has 0 heterocycles. The van der Waals surface area contributed by atoms with Crippen LogP contribution in [0.15, 0.2) is 0 Å². The number of aliphatic hydroxyl groups is 1. The van der Waals surface area contributed by atoms with Crippen LogP contribution in [0.3, 0.4) is 0 Å². The maximum Gasteiger partial charge on any atom is 0.214 e. The van der Waals surface area contributed by atoms with Crippen molar-refractivity contribution in [2.75, 3.05) is 6.61 Å². The minimum Gasteiger partial charge on any atom is -0.395 e. The van der Waals surface area contributed by atoms with Gasteiger partial charge in [-0.05, 0) is 19.3 Å². The summed E-state index contributed by atoms with van der Waals surface area (Å²) in [4.78, 5) is 0. The predicted molar refractivity (Wildman–Crippen MR) is 46.2 cm³/mol. The molecule has 0 aromatic carbocycles. The Balaban J connectivity index is 2.47. The topological polar surface area (TPSA) is 66.4 Å². The second-order valence-electron chi connectivity index (χ2n) is 3.15. The van der Waals surface area contributed by atoms with Gasteiger partial charge in [0.05, 0.1) is 11.9 Å². The van der Waals surface area contributed by atoms with E-state index in [0.29, 0.717) is 6.42 Å². The lowest BCUT2D eigenvalue weighted by Crippen LogP contribution is -2.38. The molecule has 1 fully saturated rings. The van der Waals surface area contributed by atoms with E-state index in [4.69, 9.17) is 5.11 Å².